The summed E-state index contributed by atoms with van der Waals surface area (Å²) in [7, 11) is 0. The Morgan fingerprint density at radius 1 is 1.29 bits per heavy atom. The molecule has 3 nitrogen and oxygen atoms in total. The van der Waals surface area contributed by atoms with Crippen molar-refractivity contribution in [2.75, 3.05) is 12.3 Å². The van der Waals surface area contributed by atoms with E-state index in [0.29, 0.717) is 17.8 Å². The minimum atomic E-state index is 0.372. The smallest absolute Gasteiger partial charge is 0.128 e. The lowest BCUT2D eigenvalue weighted by Crippen LogP contribution is -2.33. The molecule has 3 N–H and O–H groups in total. The van der Waals surface area contributed by atoms with Gasteiger partial charge in [-0.05, 0) is 56.2 Å². The fourth-order valence-electron chi connectivity index (χ4n) is 3.73. The molecule has 1 heterocycles. The molecule has 1 aliphatic carbocycles. The first-order chi connectivity index (χ1) is 10.2. The van der Waals surface area contributed by atoms with Crippen molar-refractivity contribution in [1.82, 2.24) is 10.3 Å². The molecule has 1 unspecified atom stereocenters. The lowest BCUT2D eigenvalue weighted by molar-refractivity contribution is 0.218. The number of nitrogens with two attached hydrogens (primary N) is 1. The van der Waals surface area contributed by atoms with Gasteiger partial charge in [0.1, 0.15) is 5.82 Å². The summed E-state index contributed by atoms with van der Waals surface area (Å²) < 4.78 is 0. The van der Waals surface area contributed by atoms with Gasteiger partial charge in [-0.1, -0.05) is 33.1 Å². The third kappa shape index (κ3) is 3.97. The summed E-state index contributed by atoms with van der Waals surface area (Å²) in [5.74, 6) is 2.34. The molecule has 1 saturated carbocycles. The Morgan fingerprint density at radius 3 is 2.57 bits per heavy atom. The Hall–Kier alpha value is -1.09. The van der Waals surface area contributed by atoms with Gasteiger partial charge in [0.05, 0.1) is 0 Å². The number of nitrogen functional groups attached to an aromatic ring is 1. The molecule has 0 aliphatic heterocycles. The highest BCUT2D eigenvalue weighted by molar-refractivity contribution is 5.46. The van der Waals surface area contributed by atoms with Gasteiger partial charge in [0.2, 0.25) is 0 Å². The third-order valence-corrected chi connectivity index (χ3v) is 5.10. The average molecular weight is 289 g/mol. The van der Waals surface area contributed by atoms with Gasteiger partial charge >= 0.3 is 0 Å². The molecular formula is C18H31N3. The van der Waals surface area contributed by atoms with E-state index in [1.165, 1.54) is 43.2 Å². The second kappa shape index (κ2) is 7.79. The Morgan fingerprint density at radius 2 is 2.00 bits per heavy atom. The van der Waals surface area contributed by atoms with E-state index < -0.39 is 0 Å². The minimum absolute atomic E-state index is 0.372. The van der Waals surface area contributed by atoms with Gasteiger partial charge < -0.3 is 11.1 Å². The summed E-state index contributed by atoms with van der Waals surface area (Å²) in [5, 5.41) is 3.75. The Balaban J connectivity index is 2.18. The van der Waals surface area contributed by atoms with Crippen LogP contribution < -0.4 is 11.1 Å². The van der Waals surface area contributed by atoms with Crippen LogP contribution in [0, 0.1) is 18.8 Å². The van der Waals surface area contributed by atoms with Crippen LogP contribution in [-0.4, -0.2) is 11.5 Å². The number of rotatable bonds is 6. The predicted octanol–water partition coefficient (Wildman–Crippen LogP) is 4.23. The van der Waals surface area contributed by atoms with Crippen molar-refractivity contribution in [3.8, 4) is 0 Å². The molecule has 1 atom stereocenters. The van der Waals surface area contributed by atoms with E-state index in [-0.39, 0.29) is 0 Å². The molecule has 0 radical (unpaired) electrons. The van der Waals surface area contributed by atoms with Gasteiger partial charge in [-0.15, -0.1) is 0 Å². The quantitative estimate of drug-likeness (QED) is 0.824. The van der Waals surface area contributed by atoms with Crippen LogP contribution in [0.5, 0.6) is 0 Å². The maximum atomic E-state index is 6.20. The molecule has 0 amide bonds. The lowest BCUT2D eigenvalue weighted by atomic mass is 9.75. The Labute approximate surface area is 129 Å². The van der Waals surface area contributed by atoms with Crippen LogP contribution in [0.2, 0.25) is 0 Å². The van der Waals surface area contributed by atoms with Crippen molar-refractivity contribution in [3.63, 3.8) is 0 Å². The first-order valence-electron chi connectivity index (χ1n) is 8.61. The van der Waals surface area contributed by atoms with Crippen LogP contribution in [0.15, 0.2) is 12.3 Å². The van der Waals surface area contributed by atoms with Crippen molar-refractivity contribution in [1.29, 1.82) is 0 Å². The lowest BCUT2D eigenvalue weighted by Gasteiger charge is -2.35. The summed E-state index contributed by atoms with van der Waals surface area (Å²) >= 11 is 0. The zero-order chi connectivity index (χ0) is 15.2. The number of aromatic nitrogens is 1. The first kappa shape index (κ1) is 16.3. The van der Waals surface area contributed by atoms with E-state index >= 15 is 0 Å². The second-order valence-corrected chi connectivity index (χ2v) is 6.55. The van der Waals surface area contributed by atoms with Gasteiger partial charge in [0, 0.05) is 17.8 Å². The zero-order valence-corrected chi connectivity index (χ0v) is 13.9. The number of aryl methyl sites for hydroxylation is 1. The molecule has 1 aromatic rings. The summed E-state index contributed by atoms with van der Waals surface area (Å²) in [4.78, 5) is 4.33. The SMILES string of the molecule is CCCNC(c1c(C)ccnc1N)C1CCC(CC)CC1. The van der Waals surface area contributed by atoms with Gasteiger partial charge in [0.25, 0.3) is 0 Å². The molecule has 2 rings (SSSR count). The van der Waals surface area contributed by atoms with Crippen molar-refractivity contribution in [2.24, 2.45) is 11.8 Å². The van der Waals surface area contributed by atoms with Crippen LogP contribution in [0.3, 0.4) is 0 Å². The molecule has 1 fully saturated rings. The van der Waals surface area contributed by atoms with E-state index in [1.807, 2.05) is 6.20 Å². The number of anilines is 1. The number of hydrogen-bond acceptors (Lipinski definition) is 3. The summed E-state index contributed by atoms with van der Waals surface area (Å²) in [5.41, 5.74) is 8.72. The van der Waals surface area contributed by atoms with E-state index in [0.717, 1.165) is 18.9 Å². The van der Waals surface area contributed by atoms with Gasteiger partial charge in [-0.2, -0.15) is 0 Å². The molecule has 118 valence electrons. The van der Waals surface area contributed by atoms with Crippen molar-refractivity contribution in [3.05, 3.63) is 23.4 Å². The molecule has 21 heavy (non-hydrogen) atoms. The van der Waals surface area contributed by atoms with E-state index in [2.05, 4.69) is 37.1 Å². The molecular weight excluding hydrogens is 258 g/mol. The van der Waals surface area contributed by atoms with E-state index in [1.54, 1.807) is 0 Å². The number of pyridine rings is 1. The van der Waals surface area contributed by atoms with Crippen molar-refractivity contribution >= 4 is 5.82 Å². The molecule has 1 aromatic heterocycles. The topological polar surface area (TPSA) is 50.9 Å². The fraction of sp³-hybridized carbons (Fsp3) is 0.722. The van der Waals surface area contributed by atoms with Gasteiger partial charge in [0.15, 0.2) is 0 Å². The minimum Gasteiger partial charge on any atom is -0.383 e. The van der Waals surface area contributed by atoms with Crippen molar-refractivity contribution < 1.29 is 0 Å². The van der Waals surface area contributed by atoms with E-state index in [9.17, 15) is 0 Å². The third-order valence-electron chi connectivity index (χ3n) is 5.10. The standard InChI is InChI=1S/C18H31N3/c1-4-11-20-17(15-8-6-14(5-2)7-9-15)16-13(3)10-12-21-18(16)19/h10,12,14-15,17,20H,4-9,11H2,1-3H3,(H2,19,21). The average Bonchev–Trinajstić information content (AvgIpc) is 2.50. The molecule has 1 aliphatic rings. The highest BCUT2D eigenvalue weighted by Gasteiger charge is 2.29. The maximum absolute atomic E-state index is 6.20. The number of nitrogens with zero attached hydrogens (tertiary/aromatic N) is 1. The molecule has 0 spiro atoms. The maximum Gasteiger partial charge on any atom is 0.128 e. The Bertz CT molecular complexity index is 416. The van der Waals surface area contributed by atoms with Crippen LogP contribution in [-0.2, 0) is 0 Å². The fourth-order valence-corrected chi connectivity index (χ4v) is 3.73. The Kier molecular flexibility index (Phi) is 6.04. The number of hydrogen-bond donors (Lipinski definition) is 2. The summed E-state index contributed by atoms with van der Waals surface area (Å²) in [6.07, 6.45) is 9.66. The normalized spacial score (nSPS) is 24.0. The summed E-state index contributed by atoms with van der Waals surface area (Å²) in [6.45, 7) is 7.75. The number of nitrogens with one attached hydrogen (secondary N) is 1. The molecule has 0 aromatic carbocycles. The highest BCUT2D eigenvalue weighted by atomic mass is 14.9. The monoisotopic (exact) mass is 289 g/mol. The highest BCUT2D eigenvalue weighted by Crippen LogP contribution is 2.39. The largest absolute Gasteiger partial charge is 0.383 e. The van der Waals surface area contributed by atoms with Gasteiger partial charge in [-0.25, -0.2) is 4.98 Å². The van der Waals surface area contributed by atoms with Crippen LogP contribution >= 0.6 is 0 Å². The van der Waals surface area contributed by atoms with Crippen LogP contribution in [0.25, 0.3) is 0 Å². The van der Waals surface area contributed by atoms with Gasteiger partial charge in [-0.3, -0.25) is 0 Å². The van der Waals surface area contributed by atoms with Crippen molar-refractivity contribution in [2.45, 2.75) is 65.3 Å². The van der Waals surface area contributed by atoms with Crippen LogP contribution in [0.1, 0.15) is 69.5 Å². The molecule has 3 heteroatoms. The molecule has 0 saturated heterocycles. The molecule has 0 bridgehead atoms. The van der Waals surface area contributed by atoms with Crippen LogP contribution in [0.4, 0.5) is 5.82 Å². The predicted molar refractivity (Wildman–Crippen MR) is 90.2 cm³/mol. The first-order valence-corrected chi connectivity index (χ1v) is 8.61. The second-order valence-electron chi connectivity index (χ2n) is 6.55. The summed E-state index contributed by atoms with van der Waals surface area (Å²) in [6, 6.07) is 2.46. The van der Waals surface area contributed by atoms with E-state index in [4.69, 9.17) is 5.73 Å². The zero-order valence-electron chi connectivity index (χ0n) is 13.9.